The van der Waals surface area contributed by atoms with Crippen LogP contribution in [-0.2, 0) is 22.6 Å². The topological polar surface area (TPSA) is 107 Å². The van der Waals surface area contributed by atoms with Crippen molar-refractivity contribution in [1.82, 2.24) is 9.80 Å². The first kappa shape index (κ1) is 21.9. The monoisotopic (exact) mass is 467 g/mol. The van der Waals surface area contributed by atoms with Gasteiger partial charge in [-0.25, -0.2) is 4.79 Å². The van der Waals surface area contributed by atoms with E-state index in [1.807, 2.05) is 12.1 Å². The predicted molar refractivity (Wildman–Crippen MR) is 120 cm³/mol. The maximum absolute atomic E-state index is 13.0. The van der Waals surface area contributed by atoms with Gasteiger partial charge in [0.05, 0.1) is 14.2 Å². The SMILES string of the molecule is COc1cc2c(cc1OC)CN1C(=O)N(CCC(=O)Nc3ccc4c(c3)OCCO4)C(=O)[C@@H]1C2. The number of fused-ring (bicyclic) bond motifs is 3. The van der Waals surface area contributed by atoms with Gasteiger partial charge in [0.15, 0.2) is 23.0 Å². The Morgan fingerprint density at radius 3 is 2.47 bits per heavy atom. The third-order valence-corrected chi connectivity index (χ3v) is 6.25. The average molecular weight is 467 g/mol. The van der Waals surface area contributed by atoms with Gasteiger partial charge in [-0.05, 0) is 35.4 Å². The van der Waals surface area contributed by atoms with Crippen molar-refractivity contribution in [1.29, 1.82) is 0 Å². The van der Waals surface area contributed by atoms with Crippen LogP contribution in [0, 0.1) is 0 Å². The smallest absolute Gasteiger partial charge is 0.327 e. The van der Waals surface area contributed by atoms with Gasteiger partial charge < -0.3 is 29.2 Å². The Hall–Kier alpha value is -3.95. The molecule has 10 nitrogen and oxygen atoms in total. The van der Waals surface area contributed by atoms with E-state index >= 15 is 0 Å². The number of carbonyl (C=O) groups is 3. The summed E-state index contributed by atoms with van der Waals surface area (Å²) in [6.07, 6.45) is 0.376. The third kappa shape index (κ3) is 3.85. The highest BCUT2D eigenvalue weighted by Crippen LogP contribution is 2.37. The lowest BCUT2D eigenvalue weighted by atomic mass is 9.94. The highest BCUT2D eigenvalue weighted by atomic mass is 16.6. The first-order valence-corrected chi connectivity index (χ1v) is 11.0. The summed E-state index contributed by atoms with van der Waals surface area (Å²) in [6, 6.07) is 7.87. The molecular weight excluding hydrogens is 442 g/mol. The average Bonchev–Trinajstić information content (AvgIpc) is 3.08. The molecular formula is C24H25N3O7. The van der Waals surface area contributed by atoms with Crippen LogP contribution in [0.5, 0.6) is 23.0 Å². The molecule has 0 bridgehead atoms. The number of benzene rings is 2. The van der Waals surface area contributed by atoms with Crippen molar-refractivity contribution >= 4 is 23.5 Å². The molecule has 34 heavy (non-hydrogen) atoms. The van der Waals surface area contributed by atoms with E-state index < -0.39 is 6.04 Å². The molecule has 1 atom stereocenters. The molecule has 1 fully saturated rings. The zero-order chi connectivity index (χ0) is 23.8. The molecule has 0 aromatic heterocycles. The van der Waals surface area contributed by atoms with Crippen LogP contribution in [0.3, 0.4) is 0 Å². The highest BCUT2D eigenvalue weighted by molar-refractivity contribution is 6.05. The minimum Gasteiger partial charge on any atom is -0.493 e. The van der Waals surface area contributed by atoms with E-state index in [2.05, 4.69) is 5.32 Å². The molecule has 1 N–H and O–H groups in total. The van der Waals surface area contributed by atoms with Crippen LogP contribution in [0.15, 0.2) is 30.3 Å². The lowest BCUT2D eigenvalue weighted by Gasteiger charge is -2.29. The Kier molecular flexibility index (Phi) is 5.64. The van der Waals surface area contributed by atoms with Gasteiger partial charge in [0, 0.05) is 37.7 Å². The molecule has 178 valence electrons. The minimum atomic E-state index is -0.584. The van der Waals surface area contributed by atoms with Crippen LogP contribution in [0.25, 0.3) is 0 Å². The molecule has 2 aromatic rings. The van der Waals surface area contributed by atoms with Crippen molar-refractivity contribution in [2.75, 3.05) is 39.3 Å². The second kappa shape index (κ2) is 8.77. The largest absolute Gasteiger partial charge is 0.493 e. The summed E-state index contributed by atoms with van der Waals surface area (Å²) < 4.78 is 21.7. The number of amides is 4. The molecule has 3 heterocycles. The summed E-state index contributed by atoms with van der Waals surface area (Å²) in [5.74, 6) is 1.76. The zero-order valence-corrected chi connectivity index (χ0v) is 19.0. The highest BCUT2D eigenvalue weighted by Gasteiger charge is 2.47. The molecule has 5 rings (SSSR count). The number of urea groups is 1. The van der Waals surface area contributed by atoms with E-state index in [1.165, 1.54) is 0 Å². The number of rotatable bonds is 6. The summed E-state index contributed by atoms with van der Waals surface area (Å²) in [7, 11) is 3.11. The van der Waals surface area contributed by atoms with Crippen molar-refractivity contribution in [2.45, 2.75) is 25.4 Å². The normalized spacial score (nSPS) is 18.4. The maximum atomic E-state index is 13.0. The molecule has 3 aliphatic rings. The Morgan fingerprint density at radius 1 is 1.03 bits per heavy atom. The van der Waals surface area contributed by atoms with E-state index in [0.717, 1.165) is 16.0 Å². The predicted octanol–water partition coefficient (Wildman–Crippen LogP) is 2.19. The van der Waals surface area contributed by atoms with E-state index in [0.29, 0.717) is 54.9 Å². The van der Waals surface area contributed by atoms with Crippen molar-refractivity contribution in [3.05, 3.63) is 41.5 Å². The number of carbonyl (C=O) groups excluding carboxylic acids is 3. The van der Waals surface area contributed by atoms with Gasteiger partial charge in [-0.1, -0.05) is 0 Å². The number of anilines is 1. The molecule has 3 aliphatic heterocycles. The first-order valence-electron chi connectivity index (χ1n) is 11.0. The quantitative estimate of drug-likeness (QED) is 0.649. The molecule has 0 aliphatic carbocycles. The van der Waals surface area contributed by atoms with E-state index in [9.17, 15) is 14.4 Å². The number of methoxy groups -OCH3 is 2. The standard InChI is InChI=1S/C24H25N3O7/c1-31-19-10-14-9-17-23(29)26(24(30)27(17)13-15(14)11-20(19)32-2)6-5-22(28)25-16-3-4-18-21(12-16)34-8-7-33-18/h3-4,10-12,17H,5-9,13H2,1-2H3,(H,25,28)/t17-/m0/s1. The Balaban J connectivity index is 1.23. The number of nitrogens with zero attached hydrogens (tertiary/aromatic N) is 2. The number of ether oxygens (including phenoxy) is 4. The second-order valence-corrected chi connectivity index (χ2v) is 8.25. The van der Waals surface area contributed by atoms with E-state index in [1.54, 1.807) is 37.3 Å². The van der Waals surface area contributed by atoms with Gasteiger partial charge in [0.25, 0.3) is 5.91 Å². The molecule has 1 saturated heterocycles. The van der Waals surface area contributed by atoms with Crippen molar-refractivity contribution < 1.29 is 33.3 Å². The van der Waals surface area contributed by atoms with Crippen molar-refractivity contribution in [3.8, 4) is 23.0 Å². The van der Waals surface area contributed by atoms with Crippen molar-refractivity contribution in [3.63, 3.8) is 0 Å². The van der Waals surface area contributed by atoms with Gasteiger partial charge in [-0.3, -0.25) is 14.5 Å². The van der Waals surface area contributed by atoms with E-state index in [-0.39, 0.29) is 30.8 Å². The molecule has 4 amide bonds. The van der Waals surface area contributed by atoms with Crippen LogP contribution in [-0.4, -0.2) is 67.7 Å². The molecule has 10 heteroatoms. The summed E-state index contributed by atoms with van der Waals surface area (Å²) in [5, 5.41) is 2.78. The molecule has 0 saturated carbocycles. The van der Waals surface area contributed by atoms with Crippen LogP contribution >= 0.6 is 0 Å². The number of hydrogen-bond acceptors (Lipinski definition) is 7. The fraction of sp³-hybridized carbons (Fsp3) is 0.375. The lowest BCUT2D eigenvalue weighted by molar-refractivity contribution is -0.128. The Bertz CT molecular complexity index is 1110. The lowest BCUT2D eigenvalue weighted by Crippen LogP contribution is -2.40. The van der Waals surface area contributed by atoms with Crippen LogP contribution in [0.4, 0.5) is 10.5 Å². The molecule has 0 spiro atoms. The fourth-order valence-corrected chi connectivity index (χ4v) is 4.53. The maximum Gasteiger partial charge on any atom is 0.327 e. The number of nitrogens with one attached hydrogen (secondary N) is 1. The first-order chi connectivity index (χ1) is 16.5. The van der Waals surface area contributed by atoms with Crippen LogP contribution in [0.2, 0.25) is 0 Å². The van der Waals surface area contributed by atoms with Crippen LogP contribution < -0.4 is 24.3 Å². The minimum absolute atomic E-state index is 0.00401. The summed E-state index contributed by atoms with van der Waals surface area (Å²) in [5.41, 5.74) is 2.41. The van der Waals surface area contributed by atoms with Gasteiger partial charge in [-0.2, -0.15) is 0 Å². The van der Waals surface area contributed by atoms with Gasteiger partial charge >= 0.3 is 6.03 Å². The second-order valence-electron chi connectivity index (χ2n) is 8.25. The van der Waals surface area contributed by atoms with Crippen LogP contribution in [0.1, 0.15) is 17.5 Å². The summed E-state index contributed by atoms with van der Waals surface area (Å²) in [4.78, 5) is 41.2. The zero-order valence-electron chi connectivity index (χ0n) is 19.0. The molecule has 0 radical (unpaired) electrons. The number of imide groups is 1. The molecule has 2 aromatic carbocycles. The number of hydrogen-bond donors (Lipinski definition) is 1. The third-order valence-electron chi connectivity index (χ3n) is 6.25. The molecule has 0 unspecified atom stereocenters. The Labute approximate surface area is 196 Å². The van der Waals surface area contributed by atoms with E-state index in [4.69, 9.17) is 18.9 Å². The fourth-order valence-electron chi connectivity index (χ4n) is 4.53. The van der Waals surface area contributed by atoms with Gasteiger partial charge in [-0.15, -0.1) is 0 Å². The van der Waals surface area contributed by atoms with Crippen molar-refractivity contribution in [2.24, 2.45) is 0 Å². The Morgan fingerprint density at radius 2 is 1.74 bits per heavy atom. The summed E-state index contributed by atoms with van der Waals surface area (Å²) >= 11 is 0. The van der Waals surface area contributed by atoms with Gasteiger partial charge in [0.2, 0.25) is 5.91 Å². The summed E-state index contributed by atoms with van der Waals surface area (Å²) in [6.45, 7) is 1.24. The van der Waals surface area contributed by atoms with Gasteiger partial charge in [0.1, 0.15) is 19.3 Å².